The molecule has 3 heterocycles. The van der Waals surface area contributed by atoms with Gasteiger partial charge in [-0.2, -0.15) is 0 Å². The third-order valence-corrected chi connectivity index (χ3v) is 6.83. The number of halogens is 1. The standard InChI is InChI=1S/C24H33N5OS.HI/c1-2-25-24(28-14-12-27(13-15-28)19-22-9-6-16-31-22)26-11-5-10-23(30)29-17-20-7-3-4-8-21(20)18-29;/h3-4,6-9,16H,2,5,10-15,17-19H2,1H3,(H,25,26);1H. The van der Waals surface area contributed by atoms with Crippen LogP contribution in [0.3, 0.4) is 0 Å². The van der Waals surface area contributed by atoms with Crippen molar-refractivity contribution in [3.05, 3.63) is 57.8 Å². The second kappa shape index (κ2) is 12.6. The summed E-state index contributed by atoms with van der Waals surface area (Å²) in [6.45, 7) is 10.3. The zero-order valence-corrected chi connectivity index (χ0v) is 22.0. The van der Waals surface area contributed by atoms with Crippen molar-refractivity contribution in [1.29, 1.82) is 0 Å². The monoisotopic (exact) mass is 567 g/mol. The van der Waals surface area contributed by atoms with Crippen LogP contribution in [0.2, 0.25) is 0 Å². The van der Waals surface area contributed by atoms with Gasteiger partial charge in [0.2, 0.25) is 5.91 Å². The SMILES string of the molecule is CCNC(=NCCCC(=O)N1Cc2ccccc2C1)N1CCN(Cc2cccs2)CC1.I. The maximum absolute atomic E-state index is 12.6. The number of benzene rings is 1. The van der Waals surface area contributed by atoms with Crippen molar-refractivity contribution >= 4 is 47.2 Å². The van der Waals surface area contributed by atoms with Crippen LogP contribution in [-0.2, 0) is 24.4 Å². The van der Waals surface area contributed by atoms with Gasteiger partial charge in [0.05, 0.1) is 0 Å². The molecule has 174 valence electrons. The Balaban J connectivity index is 0.00000289. The van der Waals surface area contributed by atoms with Crippen molar-refractivity contribution in [2.24, 2.45) is 4.99 Å². The van der Waals surface area contributed by atoms with Crippen LogP contribution < -0.4 is 5.32 Å². The molecule has 0 spiro atoms. The summed E-state index contributed by atoms with van der Waals surface area (Å²) < 4.78 is 0. The minimum atomic E-state index is 0. The summed E-state index contributed by atoms with van der Waals surface area (Å²) in [5.41, 5.74) is 2.56. The number of carbonyl (C=O) groups is 1. The van der Waals surface area contributed by atoms with Crippen molar-refractivity contribution in [3.63, 3.8) is 0 Å². The second-order valence-corrected chi connectivity index (χ2v) is 9.23. The number of nitrogens with one attached hydrogen (secondary N) is 1. The van der Waals surface area contributed by atoms with E-state index in [1.165, 1.54) is 16.0 Å². The number of piperazine rings is 1. The van der Waals surface area contributed by atoms with Crippen LogP contribution in [0.25, 0.3) is 0 Å². The molecule has 0 atom stereocenters. The minimum Gasteiger partial charge on any atom is -0.357 e. The first-order chi connectivity index (χ1) is 15.2. The zero-order chi connectivity index (χ0) is 21.5. The van der Waals surface area contributed by atoms with Gasteiger partial charge >= 0.3 is 0 Å². The summed E-state index contributed by atoms with van der Waals surface area (Å²) in [6, 6.07) is 12.7. The summed E-state index contributed by atoms with van der Waals surface area (Å²) in [4.78, 5) is 25.7. The van der Waals surface area contributed by atoms with E-state index in [0.717, 1.165) is 64.7 Å². The molecule has 0 saturated carbocycles. The molecule has 4 rings (SSSR count). The number of aliphatic imine (C=N–C) groups is 1. The molecular formula is C24H34IN5OS. The van der Waals surface area contributed by atoms with Gasteiger partial charge in [-0.1, -0.05) is 30.3 Å². The lowest BCUT2D eigenvalue weighted by atomic mass is 10.1. The smallest absolute Gasteiger partial charge is 0.223 e. The minimum absolute atomic E-state index is 0. The van der Waals surface area contributed by atoms with Crippen molar-refractivity contribution in [2.45, 2.75) is 39.4 Å². The molecule has 6 nitrogen and oxygen atoms in total. The van der Waals surface area contributed by atoms with E-state index in [9.17, 15) is 4.79 Å². The van der Waals surface area contributed by atoms with Gasteiger partial charge in [0.1, 0.15) is 0 Å². The van der Waals surface area contributed by atoms with Crippen molar-refractivity contribution < 1.29 is 4.79 Å². The molecule has 2 aliphatic rings. The average molecular weight is 568 g/mol. The van der Waals surface area contributed by atoms with E-state index in [0.29, 0.717) is 13.0 Å². The molecule has 2 aliphatic heterocycles. The number of nitrogens with zero attached hydrogens (tertiary/aromatic N) is 4. The molecular weight excluding hydrogens is 533 g/mol. The Hall–Kier alpha value is -1.65. The number of hydrogen-bond donors (Lipinski definition) is 1. The number of amides is 1. The first kappa shape index (κ1) is 25.0. The number of carbonyl (C=O) groups excluding carboxylic acids is 1. The maximum atomic E-state index is 12.6. The highest BCUT2D eigenvalue weighted by atomic mass is 127. The summed E-state index contributed by atoms with van der Waals surface area (Å²) in [5.74, 6) is 1.22. The Kier molecular flexibility index (Phi) is 9.80. The van der Waals surface area contributed by atoms with Crippen LogP contribution in [0.1, 0.15) is 35.8 Å². The van der Waals surface area contributed by atoms with Gasteiger partial charge in [0.25, 0.3) is 0 Å². The molecule has 32 heavy (non-hydrogen) atoms. The van der Waals surface area contributed by atoms with Crippen LogP contribution in [0.15, 0.2) is 46.8 Å². The number of thiophene rings is 1. The van der Waals surface area contributed by atoms with Crippen LogP contribution in [-0.4, -0.2) is 65.8 Å². The Labute approximate surface area is 212 Å². The fourth-order valence-corrected chi connectivity index (χ4v) is 5.00. The van der Waals surface area contributed by atoms with Gasteiger partial charge in [-0.05, 0) is 35.9 Å². The number of fused-ring (bicyclic) bond motifs is 1. The van der Waals surface area contributed by atoms with E-state index in [1.54, 1.807) is 0 Å². The predicted molar refractivity (Wildman–Crippen MR) is 142 cm³/mol. The van der Waals surface area contributed by atoms with Crippen molar-refractivity contribution in [3.8, 4) is 0 Å². The molecule has 2 aromatic rings. The molecule has 0 radical (unpaired) electrons. The molecule has 8 heteroatoms. The summed E-state index contributed by atoms with van der Waals surface area (Å²) in [7, 11) is 0. The Morgan fingerprint density at radius 3 is 2.38 bits per heavy atom. The molecule has 0 aliphatic carbocycles. The summed E-state index contributed by atoms with van der Waals surface area (Å²) >= 11 is 1.83. The van der Waals surface area contributed by atoms with Crippen LogP contribution in [0.5, 0.6) is 0 Å². The van der Waals surface area contributed by atoms with Gasteiger partial charge in [0.15, 0.2) is 5.96 Å². The highest BCUT2D eigenvalue weighted by Gasteiger charge is 2.23. The average Bonchev–Trinajstić information content (AvgIpc) is 3.46. The fourth-order valence-electron chi connectivity index (χ4n) is 4.25. The number of guanidine groups is 1. The third kappa shape index (κ3) is 6.68. The van der Waals surface area contributed by atoms with Crippen LogP contribution in [0, 0.1) is 0 Å². The lowest BCUT2D eigenvalue weighted by Gasteiger charge is -2.36. The lowest BCUT2D eigenvalue weighted by molar-refractivity contribution is -0.131. The van der Waals surface area contributed by atoms with Gasteiger partial charge in [-0.25, -0.2) is 0 Å². The van der Waals surface area contributed by atoms with E-state index >= 15 is 0 Å². The Bertz CT molecular complexity index is 855. The van der Waals surface area contributed by atoms with Gasteiger partial charge in [0, 0.05) is 70.2 Å². The molecule has 1 aromatic heterocycles. The highest BCUT2D eigenvalue weighted by Crippen LogP contribution is 2.23. The molecule has 0 bridgehead atoms. The molecule has 1 aromatic carbocycles. The van der Waals surface area contributed by atoms with Crippen LogP contribution in [0.4, 0.5) is 0 Å². The van der Waals surface area contributed by atoms with Crippen LogP contribution >= 0.6 is 35.3 Å². The van der Waals surface area contributed by atoms with E-state index < -0.39 is 0 Å². The summed E-state index contributed by atoms with van der Waals surface area (Å²) in [6.07, 6.45) is 1.35. The van der Waals surface area contributed by atoms with Gasteiger partial charge < -0.3 is 15.1 Å². The van der Waals surface area contributed by atoms with Crippen molar-refractivity contribution in [2.75, 3.05) is 39.3 Å². The lowest BCUT2D eigenvalue weighted by Crippen LogP contribution is -2.52. The van der Waals surface area contributed by atoms with Gasteiger partial charge in [-0.3, -0.25) is 14.7 Å². The van der Waals surface area contributed by atoms with Gasteiger partial charge in [-0.15, -0.1) is 35.3 Å². The largest absolute Gasteiger partial charge is 0.357 e. The van der Waals surface area contributed by atoms with E-state index in [1.807, 2.05) is 28.4 Å². The molecule has 1 N–H and O–H groups in total. The highest BCUT2D eigenvalue weighted by molar-refractivity contribution is 14.0. The normalized spacial score (nSPS) is 16.6. The molecule has 0 unspecified atom stereocenters. The molecule has 1 fully saturated rings. The predicted octanol–water partition coefficient (Wildman–Crippen LogP) is 3.77. The maximum Gasteiger partial charge on any atom is 0.223 e. The quantitative estimate of drug-likeness (QED) is 0.240. The summed E-state index contributed by atoms with van der Waals surface area (Å²) in [5, 5.41) is 5.58. The second-order valence-electron chi connectivity index (χ2n) is 8.20. The fraction of sp³-hybridized carbons (Fsp3) is 0.500. The Morgan fingerprint density at radius 2 is 1.75 bits per heavy atom. The molecule has 1 saturated heterocycles. The zero-order valence-electron chi connectivity index (χ0n) is 18.8. The number of rotatable bonds is 7. The van der Waals surface area contributed by atoms with E-state index in [4.69, 9.17) is 4.99 Å². The van der Waals surface area contributed by atoms with E-state index in [2.05, 4.69) is 51.7 Å². The van der Waals surface area contributed by atoms with E-state index in [-0.39, 0.29) is 29.9 Å². The van der Waals surface area contributed by atoms with Crippen molar-refractivity contribution in [1.82, 2.24) is 20.0 Å². The Morgan fingerprint density at radius 1 is 1.03 bits per heavy atom. The molecule has 1 amide bonds. The topological polar surface area (TPSA) is 51.2 Å². The first-order valence-corrected chi connectivity index (χ1v) is 12.2. The third-order valence-electron chi connectivity index (χ3n) is 5.97. The first-order valence-electron chi connectivity index (χ1n) is 11.4. The number of hydrogen-bond acceptors (Lipinski definition) is 4.